The van der Waals surface area contributed by atoms with Crippen molar-refractivity contribution in [2.45, 2.75) is 25.6 Å². The molecule has 1 N–H and O–H groups in total. The first-order valence-corrected chi connectivity index (χ1v) is 4.71. The Hall–Kier alpha value is -0.900. The van der Waals surface area contributed by atoms with Crippen molar-refractivity contribution < 1.29 is 4.39 Å². The first-order valence-electron chi connectivity index (χ1n) is 4.71. The minimum Gasteiger partial charge on any atom is -0.317 e. The van der Waals surface area contributed by atoms with Gasteiger partial charge in [-0.3, -0.25) is 4.68 Å². The van der Waals surface area contributed by atoms with Gasteiger partial charge in [0.2, 0.25) is 0 Å². The molecule has 3 nitrogen and oxygen atoms in total. The minimum atomic E-state index is -0.413. The second-order valence-electron chi connectivity index (χ2n) is 3.38. The van der Waals surface area contributed by atoms with E-state index in [4.69, 9.17) is 0 Å². The molecule has 1 aliphatic rings. The number of rotatable bonds is 2. The minimum absolute atomic E-state index is 0.391. The lowest BCUT2D eigenvalue weighted by atomic mass is 10.1. The number of hydrogen-bond acceptors (Lipinski definition) is 2. The van der Waals surface area contributed by atoms with Crippen molar-refractivity contribution in [2.75, 3.05) is 13.1 Å². The predicted molar refractivity (Wildman–Crippen MR) is 48.2 cm³/mol. The summed E-state index contributed by atoms with van der Waals surface area (Å²) in [7, 11) is 0. The third-order valence-electron chi connectivity index (χ3n) is 2.54. The number of nitrogens with zero attached hydrogens (tertiary/aromatic N) is 2. The molecule has 0 spiro atoms. The van der Waals surface area contributed by atoms with Gasteiger partial charge in [-0.15, -0.1) is 0 Å². The highest BCUT2D eigenvalue weighted by Crippen LogP contribution is 2.19. The van der Waals surface area contributed by atoms with Crippen LogP contribution in [0.15, 0.2) is 12.3 Å². The topological polar surface area (TPSA) is 29.9 Å². The third-order valence-corrected chi connectivity index (χ3v) is 2.54. The smallest absolute Gasteiger partial charge is 0.131 e. The van der Waals surface area contributed by atoms with Crippen molar-refractivity contribution in [1.82, 2.24) is 15.1 Å². The van der Waals surface area contributed by atoms with E-state index in [1.54, 1.807) is 12.3 Å². The van der Waals surface area contributed by atoms with Gasteiger partial charge in [-0.05, 0) is 32.0 Å². The lowest BCUT2D eigenvalue weighted by molar-refractivity contribution is 0.321. The quantitative estimate of drug-likeness (QED) is 0.748. The maximum atomic E-state index is 12.5. The first-order chi connectivity index (χ1) is 6.42. The Morgan fingerprint density at radius 3 is 3.00 bits per heavy atom. The average Bonchev–Trinajstić information content (AvgIpc) is 2.67. The van der Waals surface area contributed by atoms with Crippen molar-refractivity contribution in [3.63, 3.8) is 0 Å². The summed E-state index contributed by atoms with van der Waals surface area (Å²) < 4.78 is 14.3. The number of piperidine rings is 1. The monoisotopic (exact) mass is 183 g/mol. The first kappa shape index (κ1) is 8.69. The predicted octanol–water partition coefficient (Wildman–Crippen LogP) is 1.28. The SMILES string of the molecule is FCc1ccnn1C1CCNCC1. The molecule has 0 aliphatic carbocycles. The van der Waals surface area contributed by atoms with Gasteiger partial charge < -0.3 is 5.32 Å². The summed E-state index contributed by atoms with van der Waals surface area (Å²) in [6.07, 6.45) is 3.78. The molecule has 13 heavy (non-hydrogen) atoms. The summed E-state index contributed by atoms with van der Waals surface area (Å²) in [6.45, 7) is 1.61. The summed E-state index contributed by atoms with van der Waals surface area (Å²) in [5.41, 5.74) is 0.701. The number of aromatic nitrogens is 2. The summed E-state index contributed by atoms with van der Waals surface area (Å²) in [4.78, 5) is 0. The molecule has 1 fully saturated rings. The summed E-state index contributed by atoms with van der Waals surface area (Å²) in [6, 6.07) is 2.14. The largest absolute Gasteiger partial charge is 0.317 e. The molecule has 2 heterocycles. The van der Waals surface area contributed by atoms with E-state index >= 15 is 0 Å². The second-order valence-corrected chi connectivity index (χ2v) is 3.38. The zero-order chi connectivity index (χ0) is 9.10. The van der Waals surface area contributed by atoms with Gasteiger partial charge in [-0.2, -0.15) is 5.10 Å². The average molecular weight is 183 g/mol. The van der Waals surface area contributed by atoms with Gasteiger partial charge in [0.25, 0.3) is 0 Å². The van der Waals surface area contributed by atoms with Gasteiger partial charge in [0, 0.05) is 6.20 Å². The maximum Gasteiger partial charge on any atom is 0.131 e. The van der Waals surface area contributed by atoms with E-state index in [1.165, 1.54) is 0 Å². The van der Waals surface area contributed by atoms with Gasteiger partial charge in [0.1, 0.15) is 6.67 Å². The number of alkyl halides is 1. The fourth-order valence-electron chi connectivity index (χ4n) is 1.83. The molecule has 2 rings (SSSR count). The fraction of sp³-hybridized carbons (Fsp3) is 0.667. The van der Waals surface area contributed by atoms with Crippen LogP contribution in [0.2, 0.25) is 0 Å². The standard InChI is InChI=1S/C9H14FN3/c10-7-9-3-6-12-13(9)8-1-4-11-5-2-8/h3,6,8,11H,1-2,4-5,7H2. The van der Waals surface area contributed by atoms with Crippen LogP contribution >= 0.6 is 0 Å². The zero-order valence-corrected chi connectivity index (χ0v) is 7.54. The molecule has 1 aliphatic heterocycles. The van der Waals surface area contributed by atoms with Crippen molar-refractivity contribution in [1.29, 1.82) is 0 Å². The highest BCUT2D eigenvalue weighted by atomic mass is 19.1. The van der Waals surface area contributed by atoms with Gasteiger partial charge in [0.05, 0.1) is 11.7 Å². The Bertz CT molecular complexity index is 266. The van der Waals surface area contributed by atoms with E-state index in [1.807, 2.05) is 4.68 Å². The van der Waals surface area contributed by atoms with E-state index in [-0.39, 0.29) is 0 Å². The lowest BCUT2D eigenvalue weighted by Gasteiger charge is -2.24. The van der Waals surface area contributed by atoms with E-state index in [0.29, 0.717) is 11.7 Å². The number of hydrogen-bond donors (Lipinski definition) is 1. The van der Waals surface area contributed by atoms with Crippen LogP contribution in [0.3, 0.4) is 0 Å². The normalized spacial score (nSPS) is 19.2. The molecule has 0 bridgehead atoms. The molecular formula is C9H14FN3. The molecule has 0 saturated carbocycles. The Balaban J connectivity index is 2.13. The van der Waals surface area contributed by atoms with Crippen LogP contribution in [0.1, 0.15) is 24.6 Å². The number of halogens is 1. The van der Waals surface area contributed by atoms with Crippen LogP contribution in [-0.2, 0) is 6.67 Å². The Morgan fingerprint density at radius 1 is 1.54 bits per heavy atom. The van der Waals surface area contributed by atoms with E-state index in [0.717, 1.165) is 25.9 Å². The molecule has 0 unspecified atom stereocenters. The van der Waals surface area contributed by atoms with Crippen LogP contribution < -0.4 is 5.32 Å². The molecule has 72 valence electrons. The Kier molecular flexibility index (Phi) is 2.59. The Labute approximate surface area is 76.9 Å². The fourth-order valence-corrected chi connectivity index (χ4v) is 1.83. The molecular weight excluding hydrogens is 169 g/mol. The van der Waals surface area contributed by atoms with Gasteiger partial charge in [0.15, 0.2) is 0 Å². The van der Waals surface area contributed by atoms with Gasteiger partial charge >= 0.3 is 0 Å². The van der Waals surface area contributed by atoms with Crippen LogP contribution in [0.5, 0.6) is 0 Å². The molecule has 0 radical (unpaired) electrons. The zero-order valence-electron chi connectivity index (χ0n) is 7.54. The van der Waals surface area contributed by atoms with E-state index in [2.05, 4.69) is 10.4 Å². The molecule has 1 aromatic heterocycles. The van der Waals surface area contributed by atoms with Gasteiger partial charge in [-0.1, -0.05) is 0 Å². The molecule has 0 amide bonds. The van der Waals surface area contributed by atoms with E-state index in [9.17, 15) is 4.39 Å². The van der Waals surface area contributed by atoms with Crippen molar-refractivity contribution in [3.8, 4) is 0 Å². The van der Waals surface area contributed by atoms with Gasteiger partial charge in [-0.25, -0.2) is 4.39 Å². The molecule has 1 aromatic rings. The summed E-state index contributed by atoms with van der Waals surface area (Å²) in [5.74, 6) is 0. The highest BCUT2D eigenvalue weighted by molar-refractivity contribution is 5.00. The lowest BCUT2D eigenvalue weighted by Crippen LogP contribution is -2.30. The van der Waals surface area contributed by atoms with Crippen molar-refractivity contribution in [2.24, 2.45) is 0 Å². The summed E-state index contributed by atoms with van der Waals surface area (Å²) >= 11 is 0. The van der Waals surface area contributed by atoms with Crippen LogP contribution in [0.4, 0.5) is 4.39 Å². The highest BCUT2D eigenvalue weighted by Gasteiger charge is 2.17. The molecule has 4 heteroatoms. The van der Waals surface area contributed by atoms with Crippen molar-refractivity contribution in [3.05, 3.63) is 18.0 Å². The Morgan fingerprint density at radius 2 is 2.31 bits per heavy atom. The second kappa shape index (κ2) is 3.87. The van der Waals surface area contributed by atoms with Crippen LogP contribution in [0, 0.1) is 0 Å². The van der Waals surface area contributed by atoms with Crippen LogP contribution in [0.25, 0.3) is 0 Å². The number of nitrogens with one attached hydrogen (secondary N) is 1. The molecule has 0 atom stereocenters. The summed E-state index contributed by atoms with van der Waals surface area (Å²) in [5, 5.41) is 7.44. The molecule has 1 saturated heterocycles. The molecule has 0 aromatic carbocycles. The van der Waals surface area contributed by atoms with Crippen LogP contribution in [-0.4, -0.2) is 22.9 Å². The maximum absolute atomic E-state index is 12.5. The van der Waals surface area contributed by atoms with Crippen molar-refractivity contribution >= 4 is 0 Å². The third kappa shape index (κ3) is 1.72. The van der Waals surface area contributed by atoms with E-state index < -0.39 is 6.67 Å².